The van der Waals surface area contributed by atoms with E-state index in [1.807, 2.05) is 13.8 Å². The Morgan fingerprint density at radius 1 is 1.32 bits per heavy atom. The van der Waals surface area contributed by atoms with E-state index in [4.69, 9.17) is 10.5 Å². The van der Waals surface area contributed by atoms with Gasteiger partial charge in [-0.3, -0.25) is 9.78 Å². The Bertz CT molecular complexity index is 805. The van der Waals surface area contributed by atoms with Crippen LogP contribution in [0, 0.1) is 13.8 Å². The third kappa shape index (κ3) is 4.26. The third-order valence-corrected chi connectivity index (χ3v) is 3.86. The highest BCUT2D eigenvalue weighted by Crippen LogP contribution is 2.25. The second-order valence-electron chi connectivity index (χ2n) is 5.78. The number of anilines is 1. The summed E-state index contributed by atoms with van der Waals surface area (Å²) in [4.78, 5) is 29.6. The highest BCUT2D eigenvalue weighted by Gasteiger charge is 2.16. The summed E-state index contributed by atoms with van der Waals surface area (Å²) in [6.07, 6.45) is 1.73. The van der Waals surface area contributed by atoms with E-state index < -0.39 is 6.03 Å². The second kappa shape index (κ2) is 7.65. The van der Waals surface area contributed by atoms with Crippen molar-refractivity contribution in [3.05, 3.63) is 52.8 Å². The minimum absolute atomic E-state index is 0.186. The van der Waals surface area contributed by atoms with Gasteiger partial charge in [-0.25, -0.2) is 4.79 Å². The number of carbonyl (C=O) groups is 2. The van der Waals surface area contributed by atoms with Crippen molar-refractivity contribution in [2.75, 3.05) is 19.5 Å². The lowest BCUT2D eigenvalue weighted by atomic mass is 10.1. The van der Waals surface area contributed by atoms with Gasteiger partial charge in [-0.05, 0) is 32.0 Å². The van der Waals surface area contributed by atoms with Crippen molar-refractivity contribution in [3.8, 4) is 5.75 Å². The fraction of sp³-hybridized carbons (Fsp3) is 0.278. The number of nitrogens with zero attached hydrogens (tertiary/aromatic N) is 2. The lowest BCUT2D eigenvalue weighted by molar-refractivity contribution is 0.0783. The molecule has 0 bridgehead atoms. The van der Waals surface area contributed by atoms with Crippen LogP contribution in [-0.4, -0.2) is 36.0 Å². The van der Waals surface area contributed by atoms with Crippen LogP contribution in [0.5, 0.6) is 5.75 Å². The van der Waals surface area contributed by atoms with Gasteiger partial charge in [-0.2, -0.15) is 0 Å². The standard InChI is InChI=1S/C18H22N4O3/c1-11-9-20-15(12(2)16(11)25-4)10-22(3)17(23)13-6-5-7-14(8-13)21-18(19)24/h5-9H,10H2,1-4H3,(H3,19,21,24). The number of nitrogens with two attached hydrogens (primary N) is 1. The molecule has 0 aliphatic heterocycles. The zero-order valence-corrected chi connectivity index (χ0v) is 14.8. The summed E-state index contributed by atoms with van der Waals surface area (Å²) in [6.45, 7) is 4.19. The van der Waals surface area contributed by atoms with Crippen molar-refractivity contribution in [3.63, 3.8) is 0 Å². The first-order valence-corrected chi connectivity index (χ1v) is 7.74. The normalized spacial score (nSPS) is 10.2. The molecule has 2 rings (SSSR count). The van der Waals surface area contributed by atoms with Crippen LogP contribution >= 0.6 is 0 Å². The number of hydrogen-bond donors (Lipinski definition) is 2. The van der Waals surface area contributed by atoms with Gasteiger partial charge >= 0.3 is 6.03 Å². The fourth-order valence-corrected chi connectivity index (χ4v) is 2.62. The summed E-state index contributed by atoms with van der Waals surface area (Å²) in [5, 5.41) is 2.46. The molecule has 0 saturated heterocycles. The summed E-state index contributed by atoms with van der Waals surface area (Å²) in [6, 6.07) is 5.94. The van der Waals surface area contributed by atoms with E-state index in [0.29, 0.717) is 17.8 Å². The predicted molar refractivity (Wildman–Crippen MR) is 95.7 cm³/mol. The molecule has 1 aromatic carbocycles. The average Bonchev–Trinajstić information content (AvgIpc) is 2.57. The molecule has 1 aromatic heterocycles. The van der Waals surface area contributed by atoms with Crippen LogP contribution in [0.3, 0.4) is 0 Å². The molecule has 0 atom stereocenters. The number of pyridine rings is 1. The Hall–Kier alpha value is -3.09. The Labute approximate surface area is 146 Å². The maximum absolute atomic E-state index is 12.6. The van der Waals surface area contributed by atoms with E-state index in [-0.39, 0.29) is 5.91 Å². The maximum atomic E-state index is 12.6. The number of aromatic nitrogens is 1. The van der Waals surface area contributed by atoms with Crippen LogP contribution in [0.25, 0.3) is 0 Å². The number of benzene rings is 1. The van der Waals surface area contributed by atoms with Crippen LogP contribution in [0.2, 0.25) is 0 Å². The Kier molecular flexibility index (Phi) is 5.59. The first-order chi connectivity index (χ1) is 11.8. The van der Waals surface area contributed by atoms with Gasteiger partial charge in [0.05, 0.1) is 19.3 Å². The molecular formula is C18H22N4O3. The predicted octanol–water partition coefficient (Wildman–Crippen LogP) is 2.47. The van der Waals surface area contributed by atoms with Gasteiger partial charge in [0.25, 0.3) is 5.91 Å². The fourth-order valence-electron chi connectivity index (χ4n) is 2.62. The van der Waals surface area contributed by atoms with Gasteiger partial charge in [-0.1, -0.05) is 6.07 Å². The molecule has 0 radical (unpaired) electrons. The van der Waals surface area contributed by atoms with Crippen molar-refractivity contribution < 1.29 is 14.3 Å². The number of rotatable bonds is 5. The molecule has 0 saturated carbocycles. The average molecular weight is 342 g/mol. The lowest BCUT2D eigenvalue weighted by Crippen LogP contribution is -2.27. The van der Waals surface area contributed by atoms with E-state index in [9.17, 15) is 9.59 Å². The lowest BCUT2D eigenvalue weighted by Gasteiger charge is -2.20. The van der Waals surface area contributed by atoms with E-state index in [1.54, 1.807) is 49.5 Å². The van der Waals surface area contributed by atoms with Crippen LogP contribution in [-0.2, 0) is 6.54 Å². The number of primary amides is 1. The topological polar surface area (TPSA) is 97.6 Å². The molecule has 0 fully saturated rings. The minimum atomic E-state index is -0.676. The molecule has 132 valence electrons. The minimum Gasteiger partial charge on any atom is -0.496 e. The summed E-state index contributed by atoms with van der Waals surface area (Å²) in [5.41, 5.74) is 8.65. The number of methoxy groups -OCH3 is 1. The Morgan fingerprint density at radius 3 is 2.68 bits per heavy atom. The van der Waals surface area contributed by atoms with E-state index in [0.717, 1.165) is 22.6 Å². The van der Waals surface area contributed by atoms with Gasteiger partial charge in [0.15, 0.2) is 0 Å². The highest BCUT2D eigenvalue weighted by atomic mass is 16.5. The largest absolute Gasteiger partial charge is 0.496 e. The molecule has 0 spiro atoms. The summed E-state index contributed by atoms with van der Waals surface area (Å²) in [5.74, 6) is 0.590. The van der Waals surface area contributed by atoms with Gasteiger partial charge in [0, 0.05) is 35.6 Å². The molecule has 0 aliphatic carbocycles. The first-order valence-electron chi connectivity index (χ1n) is 7.74. The third-order valence-electron chi connectivity index (χ3n) is 3.86. The van der Waals surface area contributed by atoms with Crippen LogP contribution in [0.4, 0.5) is 10.5 Å². The quantitative estimate of drug-likeness (QED) is 0.872. The van der Waals surface area contributed by atoms with Gasteiger partial charge < -0.3 is 20.7 Å². The molecule has 25 heavy (non-hydrogen) atoms. The van der Waals surface area contributed by atoms with Crippen molar-refractivity contribution in [2.45, 2.75) is 20.4 Å². The van der Waals surface area contributed by atoms with Crippen LogP contribution in [0.1, 0.15) is 27.2 Å². The summed E-state index contributed by atoms with van der Waals surface area (Å²) in [7, 11) is 3.31. The molecule has 1 heterocycles. The van der Waals surface area contributed by atoms with Crippen molar-refractivity contribution in [1.29, 1.82) is 0 Å². The Balaban J connectivity index is 2.20. The van der Waals surface area contributed by atoms with E-state index in [1.165, 1.54) is 0 Å². The second-order valence-corrected chi connectivity index (χ2v) is 5.78. The van der Waals surface area contributed by atoms with Crippen LogP contribution < -0.4 is 15.8 Å². The number of amides is 3. The monoisotopic (exact) mass is 342 g/mol. The number of urea groups is 1. The van der Waals surface area contributed by atoms with E-state index in [2.05, 4.69) is 10.3 Å². The Morgan fingerprint density at radius 2 is 2.04 bits per heavy atom. The molecule has 2 aromatic rings. The molecule has 3 N–H and O–H groups in total. The number of ether oxygens (including phenoxy) is 1. The first kappa shape index (κ1) is 18.3. The molecule has 0 unspecified atom stereocenters. The van der Waals surface area contributed by atoms with Crippen molar-refractivity contribution in [2.24, 2.45) is 5.73 Å². The summed E-state index contributed by atoms with van der Waals surface area (Å²) < 4.78 is 5.40. The van der Waals surface area contributed by atoms with Gasteiger partial charge in [0.1, 0.15) is 5.75 Å². The molecule has 7 heteroatoms. The summed E-state index contributed by atoms with van der Waals surface area (Å²) >= 11 is 0. The SMILES string of the molecule is COc1c(C)cnc(CN(C)C(=O)c2cccc(NC(N)=O)c2)c1C. The van der Waals surface area contributed by atoms with Gasteiger partial charge in [-0.15, -0.1) is 0 Å². The molecule has 7 nitrogen and oxygen atoms in total. The van der Waals surface area contributed by atoms with Crippen molar-refractivity contribution in [1.82, 2.24) is 9.88 Å². The smallest absolute Gasteiger partial charge is 0.316 e. The molecule has 0 aliphatic rings. The molecule has 3 amide bonds. The number of carbonyl (C=O) groups excluding carboxylic acids is 2. The zero-order valence-electron chi connectivity index (χ0n) is 14.8. The van der Waals surface area contributed by atoms with Crippen molar-refractivity contribution >= 4 is 17.6 Å². The van der Waals surface area contributed by atoms with E-state index >= 15 is 0 Å². The maximum Gasteiger partial charge on any atom is 0.316 e. The zero-order chi connectivity index (χ0) is 18.6. The van der Waals surface area contributed by atoms with Gasteiger partial charge in [0.2, 0.25) is 0 Å². The highest BCUT2D eigenvalue weighted by molar-refractivity contribution is 5.96. The number of nitrogens with one attached hydrogen (secondary N) is 1. The number of aryl methyl sites for hydroxylation is 1. The van der Waals surface area contributed by atoms with Crippen LogP contribution in [0.15, 0.2) is 30.5 Å². The molecular weight excluding hydrogens is 320 g/mol. The number of hydrogen-bond acceptors (Lipinski definition) is 4.